The second kappa shape index (κ2) is 4.29. The quantitative estimate of drug-likeness (QED) is 0.566. The zero-order valence-electron chi connectivity index (χ0n) is 8.13. The lowest BCUT2D eigenvalue weighted by Gasteiger charge is -2.05. The lowest BCUT2D eigenvalue weighted by molar-refractivity contribution is 0.103. The van der Waals surface area contributed by atoms with Gasteiger partial charge in [-0.15, -0.1) is 0 Å². The molecule has 0 aromatic heterocycles. The molecule has 0 unspecified atom stereocenters. The number of methoxy groups -OCH3 is 1. The number of carbonyl (C=O) groups is 1. The van der Waals surface area contributed by atoms with Gasteiger partial charge in [0.1, 0.15) is 5.75 Å². The molecule has 0 radical (unpaired) electrons. The van der Waals surface area contributed by atoms with Crippen molar-refractivity contribution in [1.82, 2.24) is 0 Å². The van der Waals surface area contributed by atoms with E-state index in [2.05, 4.69) is 6.58 Å². The van der Waals surface area contributed by atoms with E-state index in [0.29, 0.717) is 21.9 Å². The van der Waals surface area contributed by atoms with Gasteiger partial charge in [-0.25, -0.2) is 0 Å². The predicted octanol–water partition coefficient (Wildman–Crippen LogP) is 3.11. The van der Waals surface area contributed by atoms with Gasteiger partial charge in [0, 0.05) is 5.56 Å². The minimum absolute atomic E-state index is 0.0973. The average molecular weight is 211 g/mol. The van der Waals surface area contributed by atoms with Crippen LogP contribution in [0.4, 0.5) is 0 Å². The maximum Gasteiger partial charge on any atom is 0.188 e. The number of Topliss-reactive ketones (excluding diaryl/α,β-unsaturated/α-hetero) is 1. The van der Waals surface area contributed by atoms with Crippen LogP contribution < -0.4 is 4.74 Å². The first-order valence-electron chi connectivity index (χ1n) is 4.10. The van der Waals surface area contributed by atoms with Crippen LogP contribution in [-0.2, 0) is 0 Å². The van der Waals surface area contributed by atoms with Crippen molar-refractivity contribution in [2.24, 2.45) is 0 Å². The van der Waals surface area contributed by atoms with Crippen LogP contribution in [0.15, 0.2) is 30.4 Å². The molecule has 2 nitrogen and oxygen atoms in total. The SMILES string of the molecule is C=C(C)C(=O)c1ccc(Cl)c(OC)c1. The molecule has 0 spiro atoms. The van der Waals surface area contributed by atoms with Crippen LogP contribution >= 0.6 is 11.6 Å². The molecule has 0 saturated heterocycles. The van der Waals surface area contributed by atoms with Crippen molar-refractivity contribution >= 4 is 17.4 Å². The number of hydrogen-bond donors (Lipinski definition) is 0. The number of carbonyl (C=O) groups excluding carboxylic acids is 1. The fraction of sp³-hybridized carbons (Fsp3) is 0.182. The summed E-state index contributed by atoms with van der Waals surface area (Å²) in [6.45, 7) is 5.26. The predicted molar refractivity (Wildman–Crippen MR) is 57.1 cm³/mol. The minimum atomic E-state index is -0.0973. The molecule has 0 amide bonds. The van der Waals surface area contributed by atoms with E-state index < -0.39 is 0 Å². The molecular formula is C11H11ClO2. The van der Waals surface area contributed by atoms with Gasteiger partial charge in [-0.1, -0.05) is 18.2 Å². The van der Waals surface area contributed by atoms with E-state index in [4.69, 9.17) is 16.3 Å². The summed E-state index contributed by atoms with van der Waals surface area (Å²) in [5.74, 6) is 0.402. The van der Waals surface area contributed by atoms with Gasteiger partial charge in [0.05, 0.1) is 12.1 Å². The standard InChI is InChI=1S/C11H11ClO2/c1-7(2)11(13)8-4-5-9(12)10(6-8)14-3/h4-6H,1H2,2-3H3. The highest BCUT2D eigenvalue weighted by Crippen LogP contribution is 2.25. The Balaban J connectivity index is 3.12. The molecule has 1 aromatic rings. The van der Waals surface area contributed by atoms with Gasteiger partial charge in [-0.05, 0) is 30.7 Å². The fourth-order valence-electron chi connectivity index (χ4n) is 1.05. The molecule has 74 valence electrons. The maximum absolute atomic E-state index is 11.5. The van der Waals surface area contributed by atoms with Crippen LogP contribution in [0.5, 0.6) is 5.75 Å². The molecule has 1 aromatic carbocycles. The number of rotatable bonds is 3. The number of ketones is 1. The van der Waals surface area contributed by atoms with Gasteiger partial charge >= 0.3 is 0 Å². The maximum atomic E-state index is 11.5. The van der Waals surface area contributed by atoms with Crippen LogP contribution in [0, 0.1) is 0 Å². The third kappa shape index (κ3) is 2.15. The molecule has 0 heterocycles. The minimum Gasteiger partial charge on any atom is -0.495 e. The number of hydrogen-bond acceptors (Lipinski definition) is 2. The van der Waals surface area contributed by atoms with E-state index in [1.54, 1.807) is 25.1 Å². The third-order valence-corrected chi connectivity index (χ3v) is 2.11. The van der Waals surface area contributed by atoms with Crippen molar-refractivity contribution in [1.29, 1.82) is 0 Å². The molecule has 1 rings (SSSR count). The summed E-state index contributed by atoms with van der Waals surface area (Å²) in [5.41, 5.74) is 1.04. The normalized spacial score (nSPS) is 9.64. The largest absolute Gasteiger partial charge is 0.495 e. The zero-order valence-corrected chi connectivity index (χ0v) is 8.89. The Morgan fingerprint density at radius 1 is 1.50 bits per heavy atom. The Morgan fingerprint density at radius 2 is 2.14 bits per heavy atom. The summed E-state index contributed by atoms with van der Waals surface area (Å²) >= 11 is 5.82. The topological polar surface area (TPSA) is 26.3 Å². The third-order valence-electron chi connectivity index (χ3n) is 1.80. The van der Waals surface area contributed by atoms with Crippen LogP contribution in [-0.4, -0.2) is 12.9 Å². The first-order chi connectivity index (χ1) is 6.56. The van der Waals surface area contributed by atoms with Gasteiger partial charge in [0.15, 0.2) is 5.78 Å². The van der Waals surface area contributed by atoms with Crippen LogP contribution in [0.25, 0.3) is 0 Å². The first kappa shape index (κ1) is 10.8. The van der Waals surface area contributed by atoms with E-state index in [0.717, 1.165) is 0 Å². The lowest BCUT2D eigenvalue weighted by atomic mass is 10.1. The van der Waals surface area contributed by atoms with Crippen molar-refractivity contribution in [3.8, 4) is 5.75 Å². The van der Waals surface area contributed by atoms with E-state index in [1.165, 1.54) is 7.11 Å². The number of allylic oxidation sites excluding steroid dienone is 1. The number of halogens is 1. The van der Waals surface area contributed by atoms with Crippen LogP contribution in [0.2, 0.25) is 5.02 Å². The Labute approximate surface area is 88.1 Å². The van der Waals surface area contributed by atoms with Crippen molar-refractivity contribution < 1.29 is 9.53 Å². The number of benzene rings is 1. The second-order valence-electron chi connectivity index (χ2n) is 2.96. The molecule has 0 fully saturated rings. The van der Waals surface area contributed by atoms with Crippen LogP contribution in [0.1, 0.15) is 17.3 Å². The highest BCUT2D eigenvalue weighted by molar-refractivity contribution is 6.32. The van der Waals surface area contributed by atoms with Gasteiger partial charge in [-0.2, -0.15) is 0 Å². The molecule has 0 atom stereocenters. The summed E-state index contributed by atoms with van der Waals surface area (Å²) in [5, 5.41) is 0.491. The number of ether oxygens (including phenoxy) is 1. The molecule has 0 aliphatic heterocycles. The van der Waals surface area contributed by atoms with Crippen molar-refractivity contribution in [3.05, 3.63) is 40.9 Å². The summed E-state index contributed by atoms with van der Waals surface area (Å²) < 4.78 is 5.00. The molecular weight excluding hydrogens is 200 g/mol. The summed E-state index contributed by atoms with van der Waals surface area (Å²) in [4.78, 5) is 11.5. The van der Waals surface area contributed by atoms with Gasteiger partial charge in [0.2, 0.25) is 0 Å². The summed E-state index contributed by atoms with van der Waals surface area (Å²) in [6.07, 6.45) is 0. The van der Waals surface area contributed by atoms with E-state index in [9.17, 15) is 4.79 Å². The highest BCUT2D eigenvalue weighted by atomic mass is 35.5. The average Bonchev–Trinajstić information content (AvgIpc) is 2.17. The summed E-state index contributed by atoms with van der Waals surface area (Å²) in [7, 11) is 1.51. The van der Waals surface area contributed by atoms with Crippen molar-refractivity contribution in [3.63, 3.8) is 0 Å². The van der Waals surface area contributed by atoms with Crippen molar-refractivity contribution in [2.75, 3.05) is 7.11 Å². The first-order valence-corrected chi connectivity index (χ1v) is 4.48. The van der Waals surface area contributed by atoms with Crippen molar-refractivity contribution in [2.45, 2.75) is 6.92 Å². The Bertz CT molecular complexity index is 383. The van der Waals surface area contributed by atoms with E-state index in [-0.39, 0.29) is 5.78 Å². The molecule has 0 saturated carbocycles. The monoisotopic (exact) mass is 210 g/mol. The Kier molecular flexibility index (Phi) is 3.31. The van der Waals surface area contributed by atoms with Gasteiger partial charge in [-0.3, -0.25) is 4.79 Å². The molecule has 0 aliphatic rings. The molecule has 0 aliphatic carbocycles. The van der Waals surface area contributed by atoms with E-state index >= 15 is 0 Å². The van der Waals surface area contributed by atoms with Gasteiger partial charge in [0.25, 0.3) is 0 Å². The highest BCUT2D eigenvalue weighted by Gasteiger charge is 2.09. The zero-order chi connectivity index (χ0) is 10.7. The summed E-state index contributed by atoms with van der Waals surface area (Å²) in [6, 6.07) is 4.90. The fourth-order valence-corrected chi connectivity index (χ4v) is 1.24. The second-order valence-corrected chi connectivity index (χ2v) is 3.37. The molecule has 0 N–H and O–H groups in total. The molecule has 0 bridgehead atoms. The van der Waals surface area contributed by atoms with E-state index in [1.807, 2.05) is 0 Å². The molecule has 3 heteroatoms. The van der Waals surface area contributed by atoms with Crippen LogP contribution in [0.3, 0.4) is 0 Å². The molecule has 14 heavy (non-hydrogen) atoms. The lowest BCUT2D eigenvalue weighted by Crippen LogP contribution is -1.99. The smallest absolute Gasteiger partial charge is 0.188 e. The Hall–Kier alpha value is -1.28. The van der Waals surface area contributed by atoms with Gasteiger partial charge < -0.3 is 4.74 Å². The Morgan fingerprint density at radius 3 is 2.64 bits per heavy atom.